The van der Waals surface area contributed by atoms with Gasteiger partial charge in [-0.25, -0.2) is 4.98 Å². The SMILES string of the molecule is O=C1CCC(N2C(=O)c3ccc(NCCCC4CC(n5cc(-c6cnc7ccccc7n6)c(C6CC6)n5)C4)cc3C2=O)C(=O)N1. The van der Waals surface area contributed by atoms with Crippen LogP contribution in [0.2, 0.25) is 0 Å². The van der Waals surface area contributed by atoms with E-state index in [0.29, 0.717) is 17.9 Å². The number of piperidine rings is 1. The topological polar surface area (TPSA) is 139 Å². The molecule has 2 aliphatic heterocycles. The van der Waals surface area contributed by atoms with Crippen LogP contribution in [-0.4, -0.2) is 60.9 Å². The average Bonchev–Trinajstić information content (AvgIpc) is 3.73. The van der Waals surface area contributed by atoms with Gasteiger partial charge in [-0.2, -0.15) is 5.10 Å². The predicted molar refractivity (Wildman–Crippen MR) is 165 cm³/mol. The summed E-state index contributed by atoms with van der Waals surface area (Å²) in [6, 6.07) is 12.5. The molecule has 4 aromatic rings. The van der Waals surface area contributed by atoms with Crippen molar-refractivity contribution in [1.82, 2.24) is 30.0 Å². The summed E-state index contributed by atoms with van der Waals surface area (Å²) in [4.78, 5) is 60.4. The summed E-state index contributed by atoms with van der Waals surface area (Å²) < 4.78 is 2.16. The van der Waals surface area contributed by atoms with E-state index in [1.54, 1.807) is 18.2 Å². The highest BCUT2D eigenvalue weighted by Crippen LogP contribution is 2.46. The second-order valence-corrected chi connectivity index (χ2v) is 12.7. The van der Waals surface area contributed by atoms with Crippen LogP contribution in [-0.2, 0) is 9.59 Å². The van der Waals surface area contributed by atoms with Crippen LogP contribution in [0.4, 0.5) is 5.69 Å². The molecule has 0 radical (unpaired) electrons. The van der Waals surface area contributed by atoms with E-state index in [1.165, 1.54) is 12.8 Å². The molecule has 11 nitrogen and oxygen atoms in total. The Balaban J connectivity index is 0.851. The molecule has 2 aromatic carbocycles. The lowest BCUT2D eigenvalue weighted by molar-refractivity contribution is -0.136. The largest absolute Gasteiger partial charge is 0.385 e. The second-order valence-electron chi connectivity index (χ2n) is 12.7. The molecule has 0 spiro atoms. The molecule has 0 bridgehead atoms. The van der Waals surface area contributed by atoms with Gasteiger partial charge in [0.2, 0.25) is 11.8 Å². The van der Waals surface area contributed by atoms with Crippen molar-refractivity contribution < 1.29 is 19.2 Å². The van der Waals surface area contributed by atoms with Gasteiger partial charge in [0.25, 0.3) is 11.8 Å². The molecule has 2 aromatic heterocycles. The van der Waals surface area contributed by atoms with E-state index in [9.17, 15) is 19.2 Å². The minimum atomic E-state index is -0.959. The normalized spacial score (nSPS) is 22.8. The zero-order valence-electron chi connectivity index (χ0n) is 24.7. The van der Waals surface area contributed by atoms with Crippen LogP contribution in [0.5, 0.6) is 0 Å². The first-order valence-electron chi connectivity index (χ1n) is 15.8. The third-order valence-electron chi connectivity index (χ3n) is 9.59. The van der Waals surface area contributed by atoms with E-state index < -0.39 is 23.8 Å². The maximum atomic E-state index is 13.1. The Morgan fingerprint density at radius 3 is 2.51 bits per heavy atom. The Morgan fingerprint density at radius 1 is 0.911 bits per heavy atom. The predicted octanol–water partition coefficient (Wildman–Crippen LogP) is 4.62. The number of carbonyl (C=O) groups is 4. The first kappa shape index (κ1) is 27.6. The van der Waals surface area contributed by atoms with Crippen molar-refractivity contribution in [3.8, 4) is 11.3 Å². The zero-order chi connectivity index (χ0) is 30.7. The number of benzene rings is 2. The number of rotatable bonds is 9. The Bertz CT molecular complexity index is 1870. The van der Waals surface area contributed by atoms with Crippen LogP contribution >= 0.6 is 0 Å². The first-order valence-corrected chi connectivity index (χ1v) is 15.8. The smallest absolute Gasteiger partial charge is 0.262 e. The number of para-hydroxylation sites is 2. The summed E-state index contributed by atoms with van der Waals surface area (Å²) in [5.74, 6) is -0.822. The zero-order valence-corrected chi connectivity index (χ0v) is 24.7. The molecule has 4 amide bonds. The molecule has 2 N–H and O–H groups in total. The number of hydrogen-bond donors (Lipinski definition) is 2. The molecule has 1 unspecified atom stereocenters. The molecule has 3 fully saturated rings. The molecule has 11 heteroatoms. The summed E-state index contributed by atoms with van der Waals surface area (Å²) in [7, 11) is 0. The number of hydrogen-bond acceptors (Lipinski definition) is 8. The molecule has 8 rings (SSSR count). The highest BCUT2D eigenvalue weighted by Gasteiger charge is 2.44. The Kier molecular flexibility index (Phi) is 6.69. The highest BCUT2D eigenvalue weighted by molar-refractivity contribution is 6.23. The quantitative estimate of drug-likeness (QED) is 0.209. The van der Waals surface area contributed by atoms with Crippen molar-refractivity contribution in [3.63, 3.8) is 0 Å². The van der Waals surface area contributed by atoms with Gasteiger partial charge in [0.05, 0.1) is 45.8 Å². The molecule has 4 heterocycles. The molecule has 1 saturated heterocycles. The lowest BCUT2D eigenvalue weighted by Gasteiger charge is -2.35. The number of nitrogens with zero attached hydrogens (tertiary/aromatic N) is 5. The fourth-order valence-corrected chi connectivity index (χ4v) is 6.89. The summed E-state index contributed by atoms with van der Waals surface area (Å²) >= 11 is 0. The fourth-order valence-electron chi connectivity index (χ4n) is 6.89. The van der Waals surface area contributed by atoms with Gasteiger partial charge in [-0.15, -0.1) is 0 Å². The monoisotopic (exact) mass is 603 g/mol. The van der Waals surface area contributed by atoms with Crippen LogP contribution in [0.1, 0.15) is 89.7 Å². The van der Waals surface area contributed by atoms with Gasteiger partial charge in [-0.1, -0.05) is 12.1 Å². The Hall–Kier alpha value is -4.93. The molecule has 45 heavy (non-hydrogen) atoms. The lowest BCUT2D eigenvalue weighted by atomic mass is 9.77. The molecule has 4 aliphatic rings. The van der Waals surface area contributed by atoms with Crippen molar-refractivity contribution in [1.29, 1.82) is 0 Å². The minimum absolute atomic E-state index is 0.101. The van der Waals surface area contributed by atoms with Crippen molar-refractivity contribution in [2.45, 2.75) is 69.4 Å². The Labute approximate surface area is 259 Å². The second kappa shape index (κ2) is 10.9. The average molecular weight is 604 g/mol. The summed E-state index contributed by atoms with van der Waals surface area (Å²) in [6.45, 7) is 0.747. The van der Waals surface area contributed by atoms with Crippen molar-refractivity contribution in [3.05, 3.63) is 71.7 Å². The molecule has 2 saturated carbocycles. The number of anilines is 1. The third kappa shape index (κ3) is 5.05. The number of carbonyl (C=O) groups excluding carboxylic acids is 4. The van der Waals surface area contributed by atoms with Gasteiger partial charge in [-0.05, 0) is 81.2 Å². The van der Waals surface area contributed by atoms with Crippen LogP contribution in [0.25, 0.3) is 22.3 Å². The number of imide groups is 2. The molecule has 228 valence electrons. The van der Waals surface area contributed by atoms with Crippen LogP contribution in [0.3, 0.4) is 0 Å². The summed E-state index contributed by atoms with van der Waals surface area (Å²) in [5.41, 5.74) is 6.29. The van der Waals surface area contributed by atoms with E-state index in [2.05, 4.69) is 26.5 Å². The standard InChI is InChI=1S/C34H33N7O4/c42-30-12-11-29(32(43)38-30)41-33(44)23-10-9-21(16-24(23)34(41)45)35-13-3-4-19-14-22(15-19)40-18-25(31(39-40)20-7-8-20)28-17-36-26-5-1-2-6-27(26)37-28/h1-2,5-6,9-10,16-20,22,29,35H,3-4,7-8,11-15H2,(H,38,42,43). The lowest BCUT2D eigenvalue weighted by Crippen LogP contribution is -2.54. The van der Waals surface area contributed by atoms with Crippen molar-refractivity contribution in [2.24, 2.45) is 5.92 Å². The van der Waals surface area contributed by atoms with E-state index in [1.807, 2.05) is 30.5 Å². The molecule has 1 atom stereocenters. The summed E-state index contributed by atoms with van der Waals surface area (Å²) in [5, 5.41) is 10.7. The highest BCUT2D eigenvalue weighted by atomic mass is 16.2. The van der Waals surface area contributed by atoms with Crippen LogP contribution < -0.4 is 10.6 Å². The fraction of sp³-hybridized carbons (Fsp3) is 0.382. The molecule has 2 aliphatic carbocycles. The van der Waals surface area contributed by atoms with E-state index >= 15 is 0 Å². The van der Waals surface area contributed by atoms with Crippen LogP contribution in [0, 0.1) is 5.92 Å². The third-order valence-corrected chi connectivity index (χ3v) is 9.59. The van der Waals surface area contributed by atoms with Crippen molar-refractivity contribution in [2.75, 3.05) is 11.9 Å². The van der Waals surface area contributed by atoms with Gasteiger partial charge < -0.3 is 5.32 Å². The molecular weight excluding hydrogens is 570 g/mol. The Morgan fingerprint density at radius 2 is 1.71 bits per heavy atom. The van der Waals surface area contributed by atoms with E-state index in [4.69, 9.17) is 10.1 Å². The van der Waals surface area contributed by atoms with Gasteiger partial charge in [-0.3, -0.25) is 39.1 Å². The van der Waals surface area contributed by atoms with Crippen LogP contribution in [0.15, 0.2) is 54.9 Å². The summed E-state index contributed by atoms with van der Waals surface area (Å²) in [6.07, 6.45) is 10.9. The van der Waals surface area contributed by atoms with Gasteiger partial charge in [0, 0.05) is 36.3 Å². The number of amides is 4. The maximum absolute atomic E-state index is 13.1. The van der Waals surface area contributed by atoms with Gasteiger partial charge in [0.15, 0.2) is 0 Å². The van der Waals surface area contributed by atoms with Gasteiger partial charge in [0.1, 0.15) is 6.04 Å². The maximum Gasteiger partial charge on any atom is 0.262 e. The van der Waals surface area contributed by atoms with E-state index in [0.717, 1.165) is 70.8 Å². The first-order chi connectivity index (χ1) is 21.9. The molecular formula is C34H33N7O4. The number of nitrogens with one attached hydrogen (secondary N) is 2. The van der Waals surface area contributed by atoms with Gasteiger partial charge >= 0.3 is 0 Å². The number of aromatic nitrogens is 4. The minimum Gasteiger partial charge on any atom is -0.385 e. The van der Waals surface area contributed by atoms with E-state index in [-0.39, 0.29) is 29.9 Å². The number of fused-ring (bicyclic) bond motifs is 2. The van der Waals surface area contributed by atoms with Crippen molar-refractivity contribution >= 4 is 40.3 Å².